The second-order valence-electron chi connectivity index (χ2n) is 2.64. The monoisotopic (exact) mass is 187 g/mol. The maximum atomic E-state index is 12.8. The first kappa shape index (κ1) is 9.49. The summed E-state index contributed by atoms with van der Waals surface area (Å²) in [7, 11) is 0. The average Bonchev–Trinajstić information content (AvgIpc) is 2.07. The number of aryl methyl sites for hydroxylation is 1. The Balaban J connectivity index is 2.69. The summed E-state index contributed by atoms with van der Waals surface area (Å²) in [6, 6.07) is 4.85. The van der Waals surface area contributed by atoms with E-state index >= 15 is 0 Å². The van der Waals surface area contributed by atoms with Crippen molar-refractivity contribution < 1.29 is 4.39 Å². The minimum atomic E-state index is -0.355. The molecule has 12 heavy (non-hydrogen) atoms. The van der Waals surface area contributed by atoms with Crippen LogP contribution in [0.15, 0.2) is 18.2 Å². The van der Waals surface area contributed by atoms with Gasteiger partial charge in [-0.05, 0) is 37.1 Å². The smallest absolute Gasteiger partial charge is 0.142 e. The maximum absolute atomic E-state index is 12.8. The van der Waals surface area contributed by atoms with Crippen molar-refractivity contribution in [2.24, 2.45) is 5.73 Å². The Bertz CT molecular complexity index is 263. The highest BCUT2D eigenvalue weighted by atomic mass is 35.5. The zero-order valence-electron chi connectivity index (χ0n) is 6.69. The molecule has 1 nitrogen and oxygen atoms in total. The molecule has 0 atom stereocenters. The van der Waals surface area contributed by atoms with Crippen molar-refractivity contribution >= 4 is 11.6 Å². The summed E-state index contributed by atoms with van der Waals surface area (Å²) in [6.45, 7) is 0.629. The third-order valence-electron chi connectivity index (χ3n) is 1.65. The zero-order valence-corrected chi connectivity index (χ0v) is 7.44. The Labute approximate surface area is 76.3 Å². The molecule has 66 valence electrons. The quantitative estimate of drug-likeness (QED) is 0.773. The van der Waals surface area contributed by atoms with E-state index in [1.54, 1.807) is 6.07 Å². The van der Waals surface area contributed by atoms with Gasteiger partial charge in [0.15, 0.2) is 0 Å². The van der Waals surface area contributed by atoms with Crippen LogP contribution in [0.5, 0.6) is 0 Å². The van der Waals surface area contributed by atoms with Crippen LogP contribution < -0.4 is 5.73 Å². The second-order valence-corrected chi connectivity index (χ2v) is 3.05. The lowest BCUT2D eigenvalue weighted by Crippen LogP contribution is -2.00. The van der Waals surface area contributed by atoms with Crippen LogP contribution in [0.4, 0.5) is 4.39 Å². The van der Waals surface area contributed by atoms with Crippen molar-refractivity contribution in [2.75, 3.05) is 6.54 Å². The fraction of sp³-hybridized carbons (Fsp3) is 0.333. The number of rotatable bonds is 3. The largest absolute Gasteiger partial charge is 0.330 e. The maximum Gasteiger partial charge on any atom is 0.142 e. The van der Waals surface area contributed by atoms with Crippen LogP contribution in [0.25, 0.3) is 0 Å². The van der Waals surface area contributed by atoms with Gasteiger partial charge >= 0.3 is 0 Å². The molecule has 0 bridgehead atoms. The van der Waals surface area contributed by atoms with Gasteiger partial charge in [-0.3, -0.25) is 0 Å². The summed E-state index contributed by atoms with van der Waals surface area (Å²) in [5, 5.41) is 0.173. The summed E-state index contributed by atoms with van der Waals surface area (Å²) < 4.78 is 12.8. The summed E-state index contributed by atoms with van der Waals surface area (Å²) in [4.78, 5) is 0. The lowest BCUT2D eigenvalue weighted by molar-refractivity contribution is 0.625. The van der Waals surface area contributed by atoms with Crippen LogP contribution in [-0.4, -0.2) is 6.54 Å². The van der Waals surface area contributed by atoms with Crippen molar-refractivity contribution in [2.45, 2.75) is 12.8 Å². The van der Waals surface area contributed by atoms with Crippen molar-refractivity contribution in [3.05, 3.63) is 34.6 Å². The molecule has 1 aromatic rings. The van der Waals surface area contributed by atoms with E-state index in [4.69, 9.17) is 17.3 Å². The third kappa shape index (κ3) is 2.47. The van der Waals surface area contributed by atoms with Crippen molar-refractivity contribution in [1.82, 2.24) is 0 Å². The van der Waals surface area contributed by atoms with Gasteiger partial charge < -0.3 is 5.73 Å². The molecule has 1 rings (SSSR count). The van der Waals surface area contributed by atoms with Crippen molar-refractivity contribution in [3.63, 3.8) is 0 Å². The number of benzene rings is 1. The highest BCUT2D eigenvalue weighted by Crippen LogP contribution is 2.16. The Hall–Kier alpha value is -0.600. The Morgan fingerprint density at radius 3 is 2.75 bits per heavy atom. The number of hydrogen-bond donors (Lipinski definition) is 1. The Morgan fingerprint density at radius 2 is 2.17 bits per heavy atom. The summed E-state index contributed by atoms with van der Waals surface area (Å²) in [5.41, 5.74) is 6.27. The van der Waals surface area contributed by atoms with Gasteiger partial charge in [0.05, 0.1) is 5.02 Å². The normalized spacial score (nSPS) is 10.2. The van der Waals surface area contributed by atoms with E-state index in [-0.39, 0.29) is 10.8 Å². The van der Waals surface area contributed by atoms with Crippen LogP contribution >= 0.6 is 11.6 Å². The van der Waals surface area contributed by atoms with Crippen LogP contribution in [0.1, 0.15) is 12.0 Å². The van der Waals surface area contributed by atoms with Gasteiger partial charge in [-0.1, -0.05) is 17.7 Å². The molecule has 0 heterocycles. The molecular formula is C9H11ClFN. The molecule has 0 radical (unpaired) electrons. The average molecular weight is 188 g/mol. The number of nitrogens with two attached hydrogens (primary N) is 1. The van der Waals surface area contributed by atoms with Crippen LogP contribution in [0, 0.1) is 5.82 Å². The molecule has 2 N–H and O–H groups in total. The number of hydrogen-bond acceptors (Lipinski definition) is 1. The molecular weight excluding hydrogens is 177 g/mol. The van der Waals surface area contributed by atoms with E-state index in [2.05, 4.69) is 0 Å². The van der Waals surface area contributed by atoms with Crippen molar-refractivity contribution in [3.8, 4) is 0 Å². The standard InChI is InChI=1S/C9H11ClFN/c10-8-4-3-7(2-1-5-12)6-9(8)11/h3-4,6H,1-2,5,12H2. The van der Waals surface area contributed by atoms with E-state index < -0.39 is 0 Å². The second kappa shape index (κ2) is 4.43. The van der Waals surface area contributed by atoms with Gasteiger partial charge in [-0.2, -0.15) is 0 Å². The molecule has 0 aromatic heterocycles. The zero-order chi connectivity index (χ0) is 8.97. The first-order valence-electron chi connectivity index (χ1n) is 3.88. The summed E-state index contributed by atoms with van der Waals surface area (Å²) in [6.07, 6.45) is 1.69. The predicted octanol–water partition coefficient (Wildman–Crippen LogP) is 2.37. The van der Waals surface area contributed by atoms with E-state index in [9.17, 15) is 4.39 Å². The molecule has 0 aliphatic heterocycles. The molecule has 0 aliphatic carbocycles. The SMILES string of the molecule is NCCCc1ccc(Cl)c(F)c1. The minimum absolute atomic E-state index is 0.173. The lowest BCUT2D eigenvalue weighted by Gasteiger charge is -2.00. The summed E-state index contributed by atoms with van der Waals surface area (Å²) >= 11 is 5.51. The Kier molecular flexibility index (Phi) is 3.50. The fourth-order valence-electron chi connectivity index (χ4n) is 1.00. The topological polar surface area (TPSA) is 26.0 Å². The van der Waals surface area contributed by atoms with E-state index in [0.717, 1.165) is 18.4 Å². The molecule has 1 aromatic carbocycles. The fourth-order valence-corrected chi connectivity index (χ4v) is 1.12. The van der Waals surface area contributed by atoms with Gasteiger partial charge in [-0.25, -0.2) is 4.39 Å². The van der Waals surface area contributed by atoms with Crippen LogP contribution in [0.3, 0.4) is 0 Å². The third-order valence-corrected chi connectivity index (χ3v) is 1.96. The molecule has 0 fully saturated rings. The van der Waals surface area contributed by atoms with Crippen LogP contribution in [-0.2, 0) is 6.42 Å². The van der Waals surface area contributed by atoms with Gasteiger partial charge in [0, 0.05) is 0 Å². The lowest BCUT2D eigenvalue weighted by atomic mass is 10.1. The van der Waals surface area contributed by atoms with Gasteiger partial charge in [-0.15, -0.1) is 0 Å². The molecule has 0 amide bonds. The van der Waals surface area contributed by atoms with Gasteiger partial charge in [0.25, 0.3) is 0 Å². The van der Waals surface area contributed by atoms with Gasteiger partial charge in [0.1, 0.15) is 5.82 Å². The molecule has 0 unspecified atom stereocenters. The van der Waals surface area contributed by atoms with E-state index in [1.807, 2.05) is 6.07 Å². The highest BCUT2D eigenvalue weighted by Gasteiger charge is 1.99. The summed E-state index contributed by atoms with van der Waals surface area (Å²) in [5.74, 6) is -0.355. The van der Waals surface area contributed by atoms with Crippen molar-refractivity contribution in [1.29, 1.82) is 0 Å². The minimum Gasteiger partial charge on any atom is -0.330 e. The Morgan fingerprint density at radius 1 is 1.42 bits per heavy atom. The molecule has 0 saturated carbocycles. The predicted molar refractivity (Wildman–Crippen MR) is 48.8 cm³/mol. The van der Waals surface area contributed by atoms with Gasteiger partial charge in [0.2, 0.25) is 0 Å². The first-order valence-corrected chi connectivity index (χ1v) is 4.26. The molecule has 3 heteroatoms. The molecule has 0 saturated heterocycles. The van der Waals surface area contributed by atoms with E-state index in [0.29, 0.717) is 6.54 Å². The first-order chi connectivity index (χ1) is 5.74. The van der Waals surface area contributed by atoms with Crippen LogP contribution in [0.2, 0.25) is 5.02 Å². The highest BCUT2D eigenvalue weighted by molar-refractivity contribution is 6.30. The molecule has 0 aliphatic rings. The number of halogens is 2. The molecule has 0 spiro atoms. The van der Waals surface area contributed by atoms with E-state index in [1.165, 1.54) is 6.07 Å².